The van der Waals surface area contributed by atoms with Crippen LogP contribution in [-0.4, -0.2) is 37.0 Å². The van der Waals surface area contributed by atoms with Crippen molar-refractivity contribution in [2.24, 2.45) is 11.8 Å². The molecule has 106 valence electrons. The summed E-state index contributed by atoms with van der Waals surface area (Å²) in [6.45, 7) is 0.598. The molecule has 0 aromatic heterocycles. The highest BCUT2D eigenvalue weighted by atomic mass is 16.6. The molecule has 4 fully saturated rings. The van der Waals surface area contributed by atoms with Crippen molar-refractivity contribution in [3.05, 3.63) is 0 Å². The third kappa shape index (κ3) is 2.79. The van der Waals surface area contributed by atoms with Crippen LogP contribution in [0.3, 0.4) is 0 Å². The zero-order valence-electron chi connectivity index (χ0n) is 11.3. The van der Waals surface area contributed by atoms with E-state index >= 15 is 0 Å². The molecule has 0 aromatic carbocycles. The molecule has 2 saturated heterocycles. The summed E-state index contributed by atoms with van der Waals surface area (Å²) in [6, 6.07) is 0. The Bertz CT molecular complexity index is 369. The molecular weight excluding hydrogens is 244 g/mol. The van der Waals surface area contributed by atoms with Gasteiger partial charge in [-0.1, -0.05) is 0 Å². The van der Waals surface area contributed by atoms with Crippen LogP contribution in [-0.2, 0) is 19.0 Å². The molecule has 0 spiro atoms. The fourth-order valence-corrected chi connectivity index (χ4v) is 3.82. The van der Waals surface area contributed by atoms with Crippen LogP contribution < -0.4 is 0 Å². The van der Waals surface area contributed by atoms with Gasteiger partial charge in [-0.15, -0.1) is 0 Å². The van der Waals surface area contributed by atoms with Crippen LogP contribution in [0.5, 0.6) is 0 Å². The van der Waals surface area contributed by atoms with Gasteiger partial charge in [0.2, 0.25) is 0 Å². The second kappa shape index (κ2) is 4.74. The summed E-state index contributed by atoms with van der Waals surface area (Å²) in [5, 5.41) is 0. The third-order valence-corrected chi connectivity index (χ3v) is 5.16. The smallest absolute Gasteiger partial charge is 0.306 e. The number of esters is 1. The van der Waals surface area contributed by atoms with E-state index in [0.29, 0.717) is 49.3 Å². The molecule has 2 heterocycles. The van der Waals surface area contributed by atoms with Gasteiger partial charge in [-0.25, -0.2) is 0 Å². The molecule has 19 heavy (non-hydrogen) atoms. The standard InChI is InChI=1S/C15H22O4/c16-15(7-9-1-3-11-13(5-9)18-11)17-8-10-2-4-12-14(6-10)19-12/h9-14H,1-8H2. The van der Waals surface area contributed by atoms with E-state index in [-0.39, 0.29) is 5.97 Å². The normalized spacial score (nSPS) is 46.9. The molecule has 0 radical (unpaired) electrons. The highest BCUT2D eigenvalue weighted by Crippen LogP contribution is 2.41. The molecule has 4 nitrogen and oxygen atoms in total. The van der Waals surface area contributed by atoms with Crippen molar-refractivity contribution in [1.82, 2.24) is 0 Å². The maximum absolute atomic E-state index is 11.9. The lowest BCUT2D eigenvalue weighted by Crippen LogP contribution is -2.22. The first-order valence-electron chi connectivity index (χ1n) is 7.74. The second-order valence-corrected chi connectivity index (χ2v) is 6.67. The maximum Gasteiger partial charge on any atom is 0.306 e. The largest absolute Gasteiger partial charge is 0.465 e. The van der Waals surface area contributed by atoms with Crippen molar-refractivity contribution < 1.29 is 19.0 Å². The van der Waals surface area contributed by atoms with Crippen molar-refractivity contribution >= 4 is 5.97 Å². The maximum atomic E-state index is 11.9. The Morgan fingerprint density at radius 3 is 2.21 bits per heavy atom. The Labute approximate surface area is 113 Å². The Balaban J connectivity index is 1.17. The molecule has 0 aromatic rings. The summed E-state index contributed by atoms with van der Waals surface area (Å²) in [7, 11) is 0. The molecule has 6 unspecified atom stereocenters. The lowest BCUT2D eigenvalue weighted by Gasteiger charge is -2.21. The number of rotatable bonds is 4. The van der Waals surface area contributed by atoms with Gasteiger partial charge < -0.3 is 14.2 Å². The number of hydrogen-bond acceptors (Lipinski definition) is 4. The van der Waals surface area contributed by atoms with Gasteiger partial charge in [0.25, 0.3) is 0 Å². The first-order valence-corrected chi connectivity index (χ1v) is 7.74. The van der Waals surface area contributed by atoms with Crippen LogP contribution in [0, 0.1) is 11.8 Å². The van der Waals surface area contributed by atoms with Crippen molar-refractivity contribution in [2.45, 2.75) is 69.4 Å². The SMILES string of the molecule is O=C(CC1CCC2OC2C1)OCC1CCC2OC2C1. The van der Waals surface area contributed by atoms with E-state index in [9.17, 15) is 4.79 Å². The van der Waals surface area contributed by atoms with Crippen LogP contribution in [0.2, 0.25) is 0 Å². The topological polar surface area (TPSA) is 51.4 Å². The number of carbonyl (C=O) groups is 1. The second-order valence-electron chi connectivity index (χ2n) is 6.67. The molecule has 0 bridgehead atoms. The molecule has 2 aliphatic carbocycles. The van der Waals surface area contributed by atoms with Crippen molar-refractivity contribution in [3.8, 4) is 0 Å². The van der Waals surface area contributed by atoms with Crippen LogP contribution in [0.25, 0.3) is 0 Å². The van der Waals surface area contributed by atoms with E-state index in [2.05, 4.69) is 0 Å². The average Bonchev–Trinajstić information content (AvgIpc) is 3.29. The van der Waals surface area contributed by atoms with Gasteiger partial charge in [0, 0.05) is 6.42 Å². The van der Waals surface area contributed by atoms with Crippen LogP contribution >= 0.6 is 0 Å². The minimum atomic E-state index is -0.0112. The molecule has 6 atom stereocenters. The number of fused-ring (bicyclic) bond motifs is 2. The van der Waals surface area contributed by atoms with E-state index in [4.69, 9.17) is 14.2 Å². The van der Waals surface area contributed by atoms with Crippen molar-refractivity contribution in [2.75, 3.05) is 6.61 Å². The number of epoxide rings is 2. The zero-order valence-corrected chi connectivity index (χ0v) is 11.3. The quantitative estimate of drug-likeness (QED) is 0.577. The van der Waals surface area contributed by atoms with Crippen molar-refractivity contribution in [1.29, 1.82) is 0 Å². The van der Waals surface area contributed by atoms with E-state index in [1.54, 1.807) is 0 Å². The highest BCUT2D eigenvalue weighted by molar-refractivity contribution is 5.69. The van der Waals surface area contributed by atoms with Crippen LogP contribution in [0.4, 0.5) is 0 Å². The van der Waals surface area contributed by atoms with E-state index < -0.39 is 0 Å². The molecule has 0 amide bonds. The fourth-order valence-electron chi connectivity index (χ4n) is 3.82. The third-order valence-electron chi connectivity index (χ3n) is 5.16. The minimum absolute atomic E-state index is 0.0112. The van der Waals surface area contributed by atoms with Gasteiger partial charge in [0.1, 0.15) is 0 Å². The highest BCUT2D eigenvalue weighted by Gasteiger charge is 2.45. The average molecular weight is 266 g/mol. The first kappa shape index (κ1) is 12.2. The Morgan fingerprint density at radius 2 is 1.53 bits per heavy atom. The lowest BCUT2D eigenvalue weighted by atomic mass is 9.87. The van der Waals surface area contributed by atoms with Gasteiger partial charge in [0.15, 0.2) is 0 Å². The van der Waals surface area contributed by atoms with Gasteiger partial charge in [-0.2, -0.15) is 0 Å². The number of carbonyl (C=O) groups excluding carboxylic acids is 1. The number of ether oxygens (including phenoxy) is 3. The van der Waals surface area contributed by atoms with Gasteiger partial charge >= 0.3 is 5.97 Å². The zero-order chi connectivity index (χ0) is 12.8. The van der Waals surface area contributed by atoms with Gasteiger partial charge in [0.05, 0.1) is 31.0 Å². The summed E-state index contributed by atoms with van der Waals surface area (Å²) in [5.41, 5.74) is 0. The molecule has 2 saturated carbocycles. The van der Waals surface area contributed by atoms with E-state index in [1.807, 2.05) is 0 Å². The van der Waals surface area contributed by atoms with Gasteiger partial charge in [-0.3, -0.25) is 4.79 Å². The number of hydrogen-bond donors (Lipinski definition) is 0. The summed E-state index contributed by atoms with van der Waals surface area (Å²) in [4.78, 5) is 11.9. The van der Waals surface area contributed by atoms with Gasteiger partial charge in [-0.05, 0) is 50.4 Å². The Morgan fingerprint density at radius 1 is 0.895 bits per heavy atom. The summed E-state index contributed by atoms with van der Waals surface area (Å²) >= 11 is 0. The van der Waals surface area contributed by atoms with E-state index in [1.165, 1.54) is 0 Å². The Kier molecular flexibility index (Phi) is 3.03. The molecule has 4 aliphatic rings. The fraction of sp³-hybridized carbons (Fsp3) is 0.933. The monoisotopic (exact) mass is 266 g/mol. The molecular formula is C15H22O4. The summed E-state index contributed by atoms with van der Waals surface area (Å²) in [5.74, 6) is 0.997. The molecule has 0 N–H and O–H groups in total. The summed E-state index contributed by atoms with van der Waals surface area (Å²) < 4.78 is 16.5. The van der Waals surface area contributed by atoms with Crippen molar-refractivity contribution in [3.63, 3.8) is 0 Å². The Hall–Kier alpha value is -0.610. The minimum Gasteiger partial charge on any atom is -0.465 e. The lowest BCUT2D eigenvalue weighted by molar-refractivity contribution is -0.146. The predicted molar refractivity (Wildman–Crippen MR) is 67.6 cm³/mol. The predicted octanol–water partition coefficient (Wildman–Crippen LogP) is 2.05. The van der Waals surface area contributed by atoms with E-state index in [0.717, 1.165) is 38.5 Å². The van der Waals surface area contributed by atoms with Crippen LogP contribution in [0.15, 0.2) is 0 Å². The summed E-state index contributed by atoms with van der Waals surface area (Å²) in [6.07, 6.45) is 9.24. The van der Waals surface area contributed by atoms with Crippen LogP contribution in [0.1, 0.15) is 44.9 Å². The first-order chi connectivity index (χ1) is 9.28. The molecule has 2 aliphatic heterocycles. The molecule has 4 heteroatoms. The molecule has 4 rings (SSSR count).